The van der Waals surface area contributed by atoms with Crippen molar-refractivity contribution in [2.45, 2.75) is 18.9 Å². The van der Waals surface area contributed by atoms with E-state index in [9.17, 15) is 5.11 Å². The zero-order valence-corrected chi connectivity index (χ0v) is 22.2. The first-order valence-electron chi connectivity index (χ1n) is 11.1. The van der Waals surface area contributed by atoms with Crippen LogP contribution in [0, 0.1) is 0 Å². The van der Waals surface area contributed by atoms with Crippen LogP contribution in [0.3, 0.4) is 0 Å². The fourth-order valence-corrected chi connectivity index (χ4v) is 4.21. The summed E-state index contributed by atoms with van der Waals surface area (Å²) >= 11 is 3.32. The molecular formula is C28H31BrO6. The van der Waals surface area contributed by atoms with Gasteiger partial charge in [0.2, 0.25) is 5.75 Å². The molecule has 6 nitrogen and oxygen atoms in total. The first-order chi connectivity index (χ1) is 16.9. The van der Waals surface area contributed by atoms with Gasteiger partial charge in [0.05, 0.1) is 41.7 Å². The number of methoxy groups -OCH3 is 5. The average molecular weight is 543 g/mol. The lowest BCUT2D eigenvalue weighted by Gasteiger charge is -2.20. The molecule has 1 aliphatic rings. The Balaban J connectivity index is 0.000000320. The fraction of sp³-hybridized carbons (Fsp3) is 0.286. The first kappa shape index (κ1) is 26.4. The molecule has 35 heavy (non-hydrogen) atoms. The van der Waals surface area contributed by atoms with Crippen molar-refractivity contribution >= 4 is 21.5 Å². The van der Waals surface area contributed by atoms with Crippen molar-refractivity contribution in [1.82, 2.24) is 0 Å². The summed E-state index contributed by atoms with van der Waals surface area (Å²) in [5.41, 5.74) is 3.86. The van der Waals surface area contributed by atoms with Crippen LogP contribution in [0.2, 0.25) is 0 Å². The SMILES string of the molecule is COc1ccc(Br)cc1.COc1ccc(C2=CC(O)CCc3cc(OC)c(OC)c(OC)c32)cc1. The van der Waals surface area contributed by atoms with E-state index in [2.05, 4.69) is 15.9 Å². The molecule has 4 rings (SSSR count). The lowest BCUT2D eigenvalue weighted by Crippen LogP contribution is -2.03. The van der Waals surface area contributed by atoms with Crippen LogP contribution in [-0.4, -0.2) is 46.8 Å². The lowest BCUT2D eigenvalue weighted by atomic mass is 9.92. The lowest BCUT2D eigenvalue weighted by molar-refractivity contribution is 0.214. The van der Waals surface area contributed by atoms with E-state index < -0.39 is 6.10 Å². The zero-order valence-electron chi connectivity index (χ0n) is 20.6. The largest absolute Gasteiger partial charge is 0.497 e. The number of benzene rings is 3. The molecule has 0 fully saturated rings. The van der Waals surface area contributed by atoms with Crippen LogP contribution < -0.4 is 23.7 Å². The second kappa shape index (κ2) is 12.5. The van der Waals surface area contributed by atoms with Crippen LogP contribution in [0.5, 0.6) is 28.7 Å². The number of aliphatic hydroxyl groups excluding tert-OH is 1. The van der Waals surface area contributed by atoms with Gasteiger partial charge in [-0.2, -0.15) is 0 Å². The molecule has 1 unspecified atom stereocenters. The first-order valence-corrected chi connectivity index (χ1v) is 11.9. The van der Waals surface area contributed by atoms with Gasteiger partial charge < -0.3 is 28.8 Å². The van der Waals surface area contributed by atoms with Gasteiger partial charge in [-0.25, -0.2) is 0 Å². The van der Waals surface area contributed by atoms with Gasteiger partial charge in [-0.05, 0) is 78.1 Å². The third-order valence-electron chi connectivity index (χ3n) is 5.70. The number of aliphatic hydroxyl groups is 1. The molecule has 0 saturated heterocycles. The zero-order chi connectivity index (χ0) is 25.4. The van der Waals surface area contributed by atoms with Gasteiger partial charge in [0.1, 0.15) is 11.5 Å². The number of aryl methyl sites for hydroxylation is 1. The van der Waals surface area contributed by atoms with E-state index in [1.54, 1.807) is 35.5 Å². The minimum Gasteiger partial charge on any atom is -0.497 e. The number of hydrogen-bond donors (Lipinski definition) is 1. The molecule has 1 atom stereocenters. The van der Waals surface area contributed by atoms with Gasteiger partial charge in [0.25, 0.3) is 0 Å². The Hall–Kier alpha value is -3.16. The smallest absolute Gasteiger partial charge is 0.203 e. The number of fused-ring (bicyclic) bond motifs is 1. The molecule has 0 aliphatic heterocycles. The van der Waals surface area contributed by atoms with Crippen LogP contribution in [0.4, 0.5) is 0 Å². The molecule has 0 heterocycles. The van der Waals surface area contributed by atoms with Crippen molar-refractivity contribution in [3.05, 3.63) is 81.8 Å². The molecule has 0 bridgehead atoms. The monoisotopic (exact) mass is 542 g/mol. The minimum atomic E-state index is -0.541. The van der Waals surface area contributed by atoms with Crippen molar-refractivity contribution in [2.75, 3.05) is 35.5 Å². The van der Waals surface area contributed by atoms with Gasteiger partial charge in [-0.3, -0.25) is 0 Å². The second-order valence-electron chi connectivity index (χ2n) is 7.75. The number of hydrogen-bond acceptors (Lipinski definition) is 6. The Morgan fingerprint density at radius 3 is 1.83 bits per heavy atom. The number of rotatable bonds is 6. The maximum absolute atomic E-state index is 10.4. The minimum absolute atomic E-state index is 0.541. The predicted molar refractivity (Wildman–Crippen MR) is 141 cm³/mol. The van der Waals surface area contributed by atoms with Crippen LogP contribution in [-0.2, 0) is 6.42 Å². The van der Waals surface area contributed by atoms with Crippen molar-refractivity contribution in [3.8, 4) is 28.7 Å². The molecule has 186 valence electrons. The summed E-state index contributed by atoms with van der Waals surface area (Å²) in [6.45, 7) is 0. The second-order valence-corrected chi connectivity index (χ2v) is 8.67. The molecule has 0 aromatic heterocycles. The normalized spacial score (nSPS) is 14.4. The van der Waals surface area contributed by atoms with Crippen molar-refractivity contribution < 1.29 is 28.8 Å². The van der Waals surface area contributed by atoms with Crippen molar-refractivity contribution in [1.29, 1.82) is 0 Å². The molecule has 0 saturated carbocycles. The maximum atomic E-state index is 10.4. The van der Waals surface area contributed by atoms with Gasteiger partial charge in [0, 0.05) is 10.0 Å². The van der Waals surface area contributed by atoms with Crippen LogP contribution in [0.1, 0.15) is 23.1 Å². The Morgan fingerprint density at radius 1 is 0.743 bits per heavy atom. The molecule has 0 radical (unpaired) electrons. The van der Waals surface area contributed by atoms with E-state index in [4.69, 9.17) is 23.7 Å². The molecule has 1 aliphatic carbocycles. The summed E-state index contributed by atoms with van der Waals surface area (Å²) in [4.78, 5) is 0. The van der Waals surface area contributed by atoms with Crippen molar-refractivity contribution in [3.63, 3.8) is 0 Å². The summed E-state index contributed by atoms with van der Waals surface area (Å²) in [5.74, 6) is 3.44. The Labute approximate surface area is 215 Å². The third-order valence-corrected chi connectivity index (χ3v) is 6.23. The Bertz CT molecular complexity index is 1140. The molecule has 1 N–H and O–H groups in total. The van der Waals surface area contributed by atoms with E-state index in [0.717, 1.165) is 38.2 Å². The number of halogens is 1. The average Bonchev–Trinajstić information content (AvgIpc) is 3.06. The van der Waals surface area contributed by atoms with Gasteiger partial charge in [0.15, 0.2) is 11.5 Å². The molecule has 7 heteroatoms. The maximum Gasteiger partial charge on any atom is 0.203 e. The van der Waals surface area contributed by atoms with Gasteiger partial charge >= 0.3 is 0 Å². The highest BCUT2D eigenvalue weighted by atomic mass is 79.9. The van der Waals surface area contributed by atoms with Crippen LogP contribution >= 0.6 is 15.9 Å². The molecule has 0 spiro atoms. The van der Waals surface area contributed by atoms with Crippen LogP contribution in [0.15, 0.2) is 65.1 Å². The molecule has 3 aromatic rings. The van der Waals surface area contributed by atoms with E-state index in [1.165, 1.54) is 0 Å². The summed E-state index contributed by atoms with van der Waals surface area (Å²) in [6, 6.07) is 17.4. The number of ether oxygens (including phenoxy) is 5. The van der Waals surface area contributed by atoms with E-state index in [0.29, 0.717) is 30.1 Å². The summed E-state index contributed by atoms with van der Waals surface area (Å²) < 4.78 is 28.0. The predicted octanol–water partition coefficient (Wildman–Crippen LogP) is 5.92. The van der Waals surface area contributed by atoms with Crippen molar-refractivity contribution in [2.24, 2.45) is 0 Å². The van der Waals surface area contributed by atoms with E-state index in [-0.39, 0.29) is 0 Å². The Morgan fingerprint density at radius 2 is 1.31 bits per heavy atom. The molecular weight excluding hydrogens is 512 g/mol. The summed E-state index contributed by atoms with van der Waals surface area (Å²) in [7, 11) is 8.11. The third kappa shape index (κ3) is 6.29. The summed E-state index contributed by atoms with van der Waals surface area (Å²) in [6.07, 6.45) is 2.68. The van der Waals surface area contributed by atoms with Gasteiger partial charge in [-0.15, -0.1) is 0 Å². The van der Waals surface area contributed by atoms with E-state index >= 15 is 0 Å². The summed E-state index contributed by atoms with van der Waals surface area (Å²) in [5, 5.41) is 10.4. The van der Waals surface area contributed by atoms with Gasteiger partial charge in [-0.1, -0.05) is 28.1 Å². The fourth-order valence-electron chi connectivity index (χ4n) is 3.94. The molecule has 3 aromatic carbocycles. The topological polar surface area (TPSA) is 66.4 Å². The Kier molecular flexibility index (Phi) is 9.46. The van der Waals surface area contributed by atoms with E-state index in [1.807, 2.05) is 60.7 Å². The standard InChI is InChI=1S/C21H24O5.C7H7BrO/c1-23-16-9-6-13(7-10-16)17-12-15(22)8-5-14-11-18(24-2)20(25-3)21(26-4)19(14)17;1-9-7-4-2-6(8)3-5-7/h6-7,9-12,15,22H,5,8H2,1-4H3;2-5H,1H3. The highest BCUT2D eigenvalue weighted by Gasteiger charge is 2.26. The quantitative estimate of drug-likeness (QED) is 0.417. The van der Waals surface area contributed by atoms with Crippen LogP contribution in [0.25, 0.3) is 5.57 Å². The highest BCUT2D eigenvalue weighted by molar-refractivity contribution is 9.10. The highest BCUT2D eigenvalue weighted by Crippen LogP contribution is 2.47. The molecule has 0 amide bonds.